The van der Waals surface area contributed by atoms with Crippen molar-refractivity contribution in [3.05, 3.63) is 54.1 Å². The zero-order valence-electron chi connectivity index (χ0n) is 11.8. The zero-order valence-corrected chi connectivity index (χ0v) is 11.8. The monoisotopic (exact) mass is 306 g/mol. The fourth-order valence-electron chi connectivity index (χ4n) is 2.68. The van der Waals surface area contributed by atoms with Crippen LogP contribution in [0.1, 0.15) is 11.1 Å². The average molecular weight is 306 g/mol. The molecule has 0 aromatic heterocycles. The Bertz CT molecular complexity index is 748. The lowest BCUT2D eigenvalue weighted by molar-refractivity contribution is -0.274. The molecule has 3 rings (SSSR count). The first-order valence-electron chi connectivity index (χ1n) is 6.62. The maximum absolute atomic E-state index is 12.3. The van der Waals surface area contributed by atoms with Gasteiger partial charge in [-0.05, 0) is 58.5 Å². The second-order valence-electron chi connectivity index (χ2n) is 5.06. The highest BCUT2D eigenvalue weighted by Crippen LogP contribution is 2.41. The van der Waals surface area contributed by atoms with Gasteiger partial charge >= 0.3 is 6.36 Å². The molecule has 0 aliphatic heterocycles. The Morgan fingerprint density at radius 2 is 1.64 bits per heavy atom. The molecule has 0 bridgehead atoms. The molecule has 0 N–H and O–H groups in total. The highest BCUT2D eigenvalue weighted by Gasteiger charge is 2.31. The predicted molar refractivity (Wildman–Crippen MR) is 77.9 cm³/mol. The number of fused-ring (bicyclic) bond motifs is 3. The van der Waals surface area contributed by atoms with Crippen molar-refractivity contribution in [3.63, 3.8) is 0 Å². The molecule has 0 fully saturated rings. The van der Waals surface area contributed by atoms with Crippen LogP contribution in [0.3, 0.4) is 0 Å². The first-order chi connectivity index (χ1) is 10.4. The fraction of sp³-hybridized carbons (Fsp3) is 0.176. The quantitative estimate of drug-likeness (QED) is 0.791. The van der Waals surface area contributed by atoms with Crippen molar-refractivity contribution in [2.75, 3.05) is 7.11 Å². The van der Waals surface area contributed by atoms with Crippen molar-refractivity contribution in [1.29, 1.82) is 0 Å². The number of hydrogen-bond acceptors (Lipinski definition) is 2. The van der Waals surface area contributed by atoms with Gasteiger partial charge in [0.15, 0.2) is 0 Å². The van der Waals surface area contributed by atoms with Crippen molar-refractivity contribution in [1.82, 2.24) is 0 Å². The average Bonchev–Trinajstić information content (AvgIpc) is 2.45. The highest BCUT2D eigenvalue weighted by atomic mass is 19.4. The molecule has 114 valence electrons. The molecule has 1 aliphatic rings. The highest BCUT2D eigenvalue weighted by molar-refractivity contribution is 5.88. The lowest BCUT2D eigenvalue weighted by Gasteiger charge is -2.23. The van der Waals surface area contributed by atoms with E-state index >= 15 is 0 Å². The maximum Gasteiger partial charge on any atom is 0.573 e. The third-order valence-corrected chi connectivity index (χ3v) is 3.61. The molecule has 2 aromatic carbocycles. The zero-order chi connectivity index (χ0) is 15.9. The summed E-state index contributed by atoms with van der Waals surface area (Å²) < 4.78 is 46.1. The smallest absolute Gasteiger partial charge is 0.497 e. The van der Waals surface area contributed by atoms with Crippen molar-refractivity contribution in [2.45, 2.75) is 12.8 Å². The Labute approximate surface area is 125 Å². The molecule has 5 heteroatoms. The van der Waals surface area contributed by atoms with Crippen LogP contribution in [0.15, 0.2) is 43.0 Å². The van der Waals surface area contributed by atoms with E-state index in [0.717, 1.165) is 33.6 Å². The minimum atomic E-state index is -4.69. The van der Waals surface area contributed by atoms with E-state index in [1.807, 2.05) is 18.2 Å². The normalized spacial score (nSPS) is 13.4. The van der Waals surface area contributed by atoms with Gasteiger partial charge in [-0.15, -0.1) is 13.2 Å². The molecule has 0 saturated carbocycles. The molecule has 1 aliphatic carbocycles. The van der Waals surface area contributed by atoms with E-state index in [4.69, 9.17) is 4.74 Å². The molecule has 22 heavy (non-hydrogen) atoms. The van der Waals surface area contributed by atoms with Gasteiger partial charge in [0, 0.05) is 0 Å². The molecule has 0 saturated heterocycles. The van der Waals surface area contributed by atoms with E-state index in [-0.39, 0.29) is 5.75 Å². The molecule has 0 atom stereocenters. The van der Waals surface area contributed by atoms with Crippen LogP contribution in [0.4, 0.5) is 13.2 Å². The summed E-state index contributed by atoms with van der Waals surface area (Å²) in [7, 11) is 1.59. The molecule has 2 aromatic rings. The van der Waals surface area contributed by atoms with Crippen molar-refractivity contribution in [2.24, 2.45) is 0 Å². The first-order valence-corrected chi connectivity index (χ1v) is 6.62. The summed E-state index contributed by atoms with van der Waals surface area (Å²) >= 11 is 0. The minimum absolute atomic E-state index is 0.212. The van der Waals surface area contributed by atoms with Gasteiger partial charge in [0.25, 0.3) is 0 Å². The van der Waals surface area contributed by atoms with Crippen LogP contribution in [-0.2, 0) is 6.42 Å². The van der Waals surface area contributed by atoms with Crippen LogP contribution in [0.25, 0.3) is 16.7 Å². The van der Waals surface area contributed by atoms with Gasteiger partial charge in [0.05, 0.1) is 7.11 Å². The van der Waals surface area contributed by atoms with Crippen LogP contribution in [0.5, 0.6) is 11.5 Å². The Balaban J connectivity index is 2.06. The molecule has 0 unspecified atom stereocenters. The summed E-state index contributed by atoms with van der Waals surface area (Å²) in [5.74, 6) is 0.511. The summed E-state index contributed by atoms with van der Waals surface area (Å²) in [5.41, 5.74) is 4.39. The Morgan fingerprint density at radius 1 is 0.955 bits per heavy atom. The molecular formula is C17H13F3O2. The summed E-state index contributed by atoms with van der Waals surface area (Å²) in [6.07, 6.45) is -4.21. The van der Waals surface area contributed by atoms with Gasteiger partial charge < -0.3 is 9.47 Å². The third kappa shape index (κ3) is 2.66. The number of benzene rings is 2. The van der Waals surface area contributed by atoms with E-state index in [9.17, 15) is 13.2 Å². The molecule has 0 spiro atoms. The van der Waals surface area contributed by atoms with Crippen LogP contribution < -0.4 is 9.47 Å². The van der Waals surface area contributed by atoms with Gasteiger partial charge in [-0.2, -0.15) is 0 Å². The predicted octanol–water partition coefficient (Wildman–Crippen LogP) is 4.83. The topological polar surface area (TPSA) is 18.5 Å². The van der Waals surface area contributed by atoms with E-state index < -0.39 is 6.36 Å². The SMILES string of the molecule is C=C1Cc2cc(OC(F)(F)F)ccc2-c2ccc(OC)cc21. The van der Waals surface area contributed by atoms with Crippen LogP contribution >= 0.6 is 0 Å². The van der Waals surface area contributed by atoms with Crippen LogP contribution in [-0.4, -0.2) is 13.5 Å². The summed E-state index contributed by atoms with van der Waals surface area (Å²) in [5, 5.41) is 0. The number of ether oxygens (including phenoxy) is 2. The van der Waals surface area contributed by atoms with E-state index in [1.54, 1.807) is 13.2 Å². The molecule has 2 nitrogen and oxygen atoms in total. The number of allylic oxidation sites excluding steroid dienone is 1. The van der Waals surface area contributed by atoms with Gasteiger partial charge in [-0.1, -0.05) is 18.7 Å². The maximum atomic E-state index is 12.3. The van der Waals surface area contributed by atoms with Crippen LogP contribution in [0, 0.1) is 0 Å². The summed E-state index contributed by atoms with van der Waals surface area (Å²) in [6.45, 7) is 4.02. The summed E-state index contributed by atoms with van der Waals surface area (Å²) in [4.78, 5) is 0. The number of methoxy groups -OCH3 is 1. The van der Waals surface area contributed by atoms with E-state index in [1.165, 1.54) is 12.1 Å². The molecule has 0 heterocycles. The van der Waals surface area contributed by atoms with Crippen molar-refractivity contribution >= 4 is 5.57 Å². The number of rotatable bonds is 2. The molecule has 0 amide bonds. The first kappa shape index (κ1) is 14.5. The lowest BCUT2D eigenvalue weighted by atomic mass is 9.83. The van der Waals surface area contributed by atoms with Gasteiger partial charge in [0.1, 0.15) is 11.5 Å². The van der Waals surface area contributed by atoms with Gasteiger partial charge in [-0.3, -0.25) is 0 Å². The summed E-state index contributed by atoms with van der Waals surface area (Å²) in [6, 6.07) is 9.99. The Hall–Kier alpha value is -2.43. The number of alkyl halides is 3. The Morgan fingerprint density at radius 3 is 2.32 bits per heavy atom. The number of hydrogen-bond donors (Lipinski definition) is 0. The van der Waals surface area contributed by atoms with Crippen molar-refractivity contribution in [3.8, 4) is 22.6 Å². The van der Waals surface area contributed by atoms with Crippen LogP contribution in [0.2, 0.25) is 0 Å². The fourth-order valence-corrected chi connectivity index (χ4v) is 2.68. The Kier molecular flexibility index (Phi) is 3.35. The van der Waals surface area contributed by atoms with E-state index in [2.05, 4.69) is 11.3 Å². The third-order valence-electron chi connectivity index (χ3n) is 3.61. The lowest BCUT2D eigenvalue weighted by Crippen LogP contribution is -2.17. The van der Waals surface area contributed by atoms with Gasteiger partial charge in [0.2, 0.25) is 0 Å². The largest absolute Gasteiger partial charge is 0.573 e. The second kappa shape index (κ2) is 5.09. The van der Waals surface area contributed by atoms with E-state index in [0.29, 0.717) is 6.42 Å². The number of halogens is 3. The minimum Gasteiger partial charge on any atom is -0.497 e. The second-order valence-corrected chi connectivity index (χ2v) is 5.06. The van der Waals surface area contributed by atoms with Gasteiger partial charge in [-0.25, -0.2) is 0 Å². The molecular weight excluding hydrogens is 293 g/mol. The molecule has 0 radical (unpaired) electrons. The standard InChI is InChI=1S/C17H13F3O2/c1-10-7-11-8-13(22-17(18,19)20)4-5-14(11)15-6-3-12(21-2)9-16(10)15/h3-6,8-9H,1,7H2,2H3. The van der Waals surface area contributed by atoms with Crippen molar-refractivity contribution < 1.29 is 22.6 Å².